The number of rotatable bonds is 2. The summed E-state index contributed by atoms with van der Waals surface area (Å²) in [5, 5.41) is 7.12. The fraction of sp³-hybridized carbons (Fsp3) is 0.450. The van der Waals surface area contributed by atoms with Gasteiger partial charge in [0.25, 0.3) is 5.91 Å². The van der Waals surface area contributed by atoms with Gasteiger partial charge in [0.1, 0.15) is 0 Å². The normalized spacial score (nSPS) is 17.8. The summed E-state index contributed by atoms with van der Waals surface area (Å²) in [7, 11) is 0. The number of carbonyl (C=O) groups is 2. The molecule has 2 fully saturated rings. The zero-order valence-corrected chi connectivity index (χ0v) is 17.3. The number of anilines is 1. The van der Waals surface area contributed by atoms with Gasteiger partial charge in [0.05, 0.1) is 36.7 Å². The average molecular weight is 471 g/mol. The number of aliphatic carboxylic acids is 1. The quantitative estimate of drug-likeness (QED) is 0.664. The number of carboxylic acid groups (broad SMARTS) is 1. The SMILES string of the molecule is O=C(O)C(F)(F)F.O=C(c1cccnc1)N1CCC2(CC1)CN(c1ncc(F)cn1)CCO2. The highest BCUT2D eigenvalue weighted by molar-refractivity contribution is 5.93. The summed E-state index contributed by atoms with van der Waals surface area (Å²) >= 11 is 0. The van der Waals surface area contributed by atoms with Crippen molar-refractivity contribution in [2.45, 2.75) is 24.6 Å². The van der Waals surface area contributed by atoms with E-state index in [1.165, 1.54) is 12.4 Å². The molecule has 2 aliphatic heterocycles. The van der Waals surface area contributed by atoms with Crippen molar-refractivity contribution >= 4 is 17.8 Å². The number of amides is 1. The molecule has 9 nitrogen and oxygen atoms in total. The first kappa shape index (κ1) is 24.3. The van der Waals surface area contributed by atoms with Gasteiger partial charge in [0.15, 0.2) is 5.82 Å². The fourth-order valence-corrected chi connectivity index (χ4v) is 3.58. The van der Waals surface area contributed by atoms with Gasteiger partial charge in [-0.3, -0.25) is 9.78 Å². The standard InChI is InChI=1S/C18H20FN5O2.C2HF3O2/c19-15-11-21-17(22-12-15)24-8-9-26-18(13-24)3-6-23(7-4-18)16(25)14-2-1-5-20-10-14;3-2(4,5)1(6)7/h1-2,5,10-12H,3-4,6-9,13H2;(H,6,7). The Balaban J connectivity index is 0.000000383. The van der Waals surface area contributed by atoms with E-state index in [9.17, 15) is 22.4 Å². The monoisotopic (exact) mass is 471 g/mol. The van der Waals surface area contributed by atoms with Gasteiger partial charge in [-0.2, -0.15) is 13.2 Å². The third-order valence-corrected chi connectivity index (χ3v) is 5.25. The summed E-state index contributed by atoms with van der Waals surface area (Å²) in [6.45, 7) is 3.15. The summed E-state index contributed by atoms with van der Waals surface area (Å²) in [4.78, 5) is 37.5. The molecule has 178 valence electrons. The Labute approximate surface area is 186 Å². The van der Waals surface area contributed by atoms with Gasteiger partial charge in [-0.25, -0.2) is 19.2 Å². The first-order valence-electron chi connectivity index (χ1n) is 9.95. The lowest BCUT2D eigenvalue weighted by molar-refractivity contribution is -0.192. The molecular formula is C20H21F4N5O4. The van der Waals surface area contributed by atoms with Gasteiger partial charge in [-0.05, 0) is 25.0 Å². The van der Waals surface area contributed by atoms with E-state index in [-0.39, 0.29) is 11.5 Å². The molecule has 2 aromatic rings. The van der Waals surface area contributed by atoms with E-state index < -0.39 is 18.0 Å². The van der Waals surface area contributed by atoms with Gasteiger partial charge in [-0.1, -0.05) is 0 Å². The highest BCUT2D eigenvalue weighted by Crippen LogP contribution is 2.31. The number of aromatic nitrogens is 3. The number of carbonyl (C=O) groups excluding carboxylic acids is 1. The van der Waals surface area contributed by atoms with Crippen molar-refractivity contribution in [3.05, 3.63) is 48.3 Å². The van der Waals surface area contributed by atoms with Gasteiger partial charge >= 0.3 is 12.1 Å². The Hall–Kier alpha value is -3.35. The Morgan fingerprint density at radius 2 is 1.73 bits per heavy atom. The van der Waals surface area contributed by atoms with Crippen LogP contribution in [-0.2, 0) is 9.53 Å². The number of hydrogen-bond acceptors (Lipinski definition) is 7. The molecule has 2 saturated heterocycles. The molecule has 1 N–H and O–H groups in total. The van der Waals surface area contributed by atoms with Crippen LogP contribution in [0, 0.1) is 5.82 Å². The Morgan fingerprint density at radius 3 is 2.27 bits per heavy atom. The van der Waals surface area contributed by atoms with Crippen molar-refractivity contribution in [2.75, 3.05) is 37.7 Å². The van der Waals surface area contributed by atoms with Crippen molar-refractivity contribution in [1.82, 2.24) is 19.9 Å². The van der Waals surface area contributed by atoms with Crippen molar-refractivity contribution in [1.29, 1.82) is 0 Å². The van der Waals surface area contributed by atoms with E-state index >= 15 is 0 Å². The number of likely N-dealkylation sites (tertiary alicyclic amines) is 1. The van der Waals surface area contributed by atoms with E-state index in [0.29, 0.717) is 44.3 Å². The zero-order valence-electron chi connectivity index (χ0n) is 17.3. The summed E-state index contributed by atoms with van der Waals surface area (Å²) in [6, 6.07) is 3.55. The smallest absolute Gasteiger partial charge is 0.475 e. The third-order valence-electron chi connectivity index (χ3n) is 5.25. The molecule has 4 rings (SSSR count). The van der Waals surface area contributed by atoms with Crippen LogP contribution in [0.4, 0.5) is 23.5 Å². The van der Waals surface area contributed by atoms with Crippen molar-refractivity contribution in [3.8, 4) is 0 Å². The highest BCUT2D eigenvalue weighted by Gasteiger charge is 2.41. The van der Waals surface area contributed by atoms with E-state index in [2.05, 4.69) is 15.0 Å². The number of ether oxygens (including phenoxy) is 1. The first-order valence-corrected chi connectivity index (χ1v) is 9.95. The third kappa shape index (κ3) is 6.34. The minimum atomic E-state index is -5.08. The first-order chi connectivity index (χ1) is 15.6. The lowest BCUT2D eigenvalue weighted by Gasteiger charge is -2.47. The second-order valence-corrected chi connectivity index (χ2v) is 7.49. The van der Waals surface area contributed by atoms with E-state index in [1.807, 2.05) is 9.80 Å². The lowest BCUT2D eigenvalue weighted by atomic mass is 9.89. The number of piperidine rings is 1. The largest absolute Gasteiger partial charge is 0.490 e. The molecule has 2 aromatic heterocycles. The number of alkyl halides is 3. The Kier molecular flexibility index (Phi) is 7.41. The predicted molar refractivity (Wildman–Crippen MR) is 106 cm³/mol. The van der Waals surface area contributed by atoms with Crippen molar-refractivity contribution < 1.29 is 37.0 Å². The fourth-order valence-electron chi connectivity index (χ4n) is 3.58. The zero-order chi connectivity index (χ0) is 24.1. The molecule has 0 aliphatic carbocycles. The van der Waals surface area contributed by atoms with Crippen LogP contribution < -0.4 is 4.90 Å². The molecule has 0 aromatic carbocycles. The molecule has 1 amide bonds. The van der Waals surface area contributed by atoms with Crippen molar-refractivity contribution in [2.24, 2.45) is 0 Å². The van der Waals surface area contributed by atoms with Crippen LogP contribution in [0.5, 0.6) is 0 Å². The second kappa shape index (κ2) is 10.1. The second-order valence-electron chi connectivity index (χ2n) is 7.49. The van der Waals surface area contributed by atoms with E-state index in [0.717, 1.165) is 12.8 Å². The molecule has 0 saturated carbocycles. The molecule has 0 bridgehead atoms. The molecule has 13 heteroatoms. The molecule has 0 atom stereocenters. The van der Waals surface area contributed by atoms with Crippen LogP contribution in [0.1, 0.15) is 23.2 Å². The minimum absolute atomic E-state index is 0.00230. The topological polar surface area (TPSA) is 109 Å². The number of morpholine rings is 1. The van der Waals surface area contributed by atoms with E-state index in [1.54, 1.807) is 24.5 Å². The van der Waals surface area contributed by atoms with Crippen LogP contribution in [0.25, 0.3) is 0 Å². The van der Waals surface area contributed by atoms with Crippen LogP contribution in [-0.4, -0.2) is 81.4 Å². The van der Waals surface area contributed by atoms with Gasteiger partial charge < -0.3 is 19.6 Å². The van der Waals surface area contributed by atoms with E-state index in [4.69, 9.17) is 14.6 Å². The molecular weight excluding hydrogens is 450 g/mol. The molecule has 33 heavy (non-hydrogen) atoms. The maximum atomic E-state index is 13.1. The summed E-state index contributed by atoms with van der Waals surface area (Å²) in [5.41, 5.74) is 0.288. The number of halogens is 4. The maximum absolute atomic E-state index is 13.1. The van der Waals surface area contributed by atoms with Gasteiger partial charge in [0.2, 0.25) is 5.95 Å². The molecule has 0 radical (unpaired) electrons. The number of pyridine rings is 1. The van der Waals surface area contributed by atoms with Gasteiger partial charge in [0, 0.05) is 32.0 Å². The lowest BCUT2D eigenvalue weighted by Crippen LogP contribution is -2.58. The van der Waals surface area contributed by atoms with Crippen LogP contribution in [0.15, 0.2) is 36.9 Å². The Morgan fingerprint density at radius 1 is 1.09 bits per heavy atom. The minimum Gasteiger partial charge on any atom is -0.475 e. The summed E-state index contributed by atoms with van der Waals surface area (Å²) in [5.74, 6) is -2.68. The van der Waals surface area contributed by atoms with Crippen LogP contribution in [0.2, 0.25) is 0 Å². The average Bonchev–Trinajstić information content (AvgIpc) is 2.80. The molecule has 2 aliphatic rings. The number of nitrogens with zero attached hydrogens (tertiary/aromatic N) is 5. The maximum Gasteiger partial charge on any atom is 0.490 e. The molecule has 1 spiro atoms. The van der Waals surface area contributed by atoms with Crippen LogP contribution in [0.3, 0.4) is 0 Å². The predicted octanol–water partition coefficient (Wildman–Crippen LogP) is 2.16. The molecule has 4 heterocycles. The summed E-state index contributed by atoms with van der Waals surface area (Å²) < 4.78 is 50.9. The number of carboxylic acids is 1. The van der Waals surface area contributed by atoms with Crippen molar-refractivity contribution in [3.63, 3.8) is 0 Å². The highest BCUT2D eigenvalue weighted by atomic mass is 19.4. The number of hydrogen-bond donors (Lipinski definition) is 1. The Bertz CT molecular complexity index is 951. The molecule has 0 unspecified atom stereocenters. The van der Waals surface area contributed by atoms with Gasteiger partial charge in [-0.15, -0.1) is 0 Å². The summed E-state index contributed by atoms with van der Waals surface area (Å²) in [6.07, 6.45) is 2.02. The van der Waals surface area contributed by atoms with Crippen LogP contribution >= 0.6 is 0 Å².